The molecule has 0 atom stereocenters. The summed E-state index contributed by atoms with van der Waals surface area (Å²) in [5.74, 6) is 1.01. The van der Waals surface area contributed by atoms with Crippen LogP contribution in [0, 0.1) is 0 Å². The molecule has 0 unspecified atom stereocenters. The van der Waals surface area contributed by atoms with Crippen LogP contribution < -0.4 is 0 Å². The molecule has 0 bridgehead atoms. The third kappa shape index (κ3) is 8.79. The molecule has 0 saturated heterocycles. The normalized spacial score (nSPS) is 11.7. The summed E-state index contributed by atoms with van der Waals surface area (Å²) in [4.78, 5) is 0. The summed E-state index contributed by atoms with van der Waals surface area (Å²) in [5.41, 5.74) is 13.9. The van der Waals surface area contributed by atoms with Crippen LogP contribution in [-0.4, -0.2) is 5.75 Å². The molecule has 0 nitrogen and oxygen atoms in total. The molecule has 344 valence electrons. The van der Waals surface area contributed by atoms with Gasteiger partial charge in [-0.05, 0) is 169 Å². The Kier molecular flexibility index (Phi) is 12.7. The van der Waals surface area contributed by atoms with E-state index in [2.05, 4.69) is 237 Å². The SMILES string of the molecule is SCCCCCCCCCCc1cccc2ccc(-c3c4ccc(-c5cccc6ccccc56)cc4c(-c4ccc(-c5cccc6ccccc56)cc4)c4ccc(-c5cccc6ccccc56)cc34)cc12. The quantitative estimate of drug-likeness (QED) is 0.0591. The summed E-state index contributed by atoms with van der Waals surface area (Å²) >= 11 is 4.40. The molecule has 71 heavy (non-hydrogen) atoms. The highest BCUT2D eigenvalue weighted by Crippen LogP contribution is 2.48. The minimum atomic E-state index is 1.01. The highest BCUT2D eigenvalue weighted by molar-refractivity contribution is 7.80. The Labute approximate surface area is 424 Å². The summed E-state index contributed by atoms with van der Waals surface area (Å²) in [7, 11) is 0. The molecule has 0 aliphatic rings. The Hall–Kier alpha value is -7.45. The van der Waals surface area contributed by atoms with E-state index in [1.54, 1.807) is 0 Å². The molecule has 0 aromatic heterocycles. The predicted molar refractivity (Wildman–Crippen MR) is 313 cm³/mol. The van der Waals surface area contributed by atoms with Crippen LogP contribution in [0.3, 0.4) is 0 Å². The average Bonchev–Trinajstić information content (AvgIpc) is 3.43. The summed E-state index contributed by atoms with van der Waals surface area (Å²) in [5, 5.41) is 15.3. The van der Waals surface area contributed by atoms with Crippen LogP contribution in [0.1, 0.15) is 56.9 Å². The van der Waals surface area contributed by atoms with E-state index in [0.717, 1.165) is 12.2 Å². The maximum absolute atomic E-state index is 4.40. The van der Waals surface area contributed by atoms with Crippen molar-refractivity contribution in [1.29, 1.82) is 0 Å². The lowest BCUT2D eigenvalue weighted by molar-refractivity contribution is 0.577. The van der Waals surface area contributed by atoms with Crippen molar-refractivity contribution in [3.63, 3.8) is 0 Å². The summed E-state index contributed by atoms with van der Waals surface area (Å²) in [6.07, 6.45) is 11.5. The molecule has 0 spiro atoms. The van der Waals surface area contributed by atoms with Crippen LogP contribution in [0.2, 0.25) is 0 Å². The third-order valence-corrected chi connectivity index (χ3v) is 15.5. The summed E-state index contributed by atoms with van der Waals surface area (Å²) in [6.45, 7) is 0. The smallest absolute Gasteiger partial charge is 0.00259 e. The number of benzene rings is 12. The lowest BCUT2D eigenvalue weighted by atomic mass is 9.82. The van der Waals surface area contributed by atoms with Crippen molar-refractivity contribution in [2.75, 3.05) is 5.75 Å². The van der Waals surface area contributed by atoms with Crippen LogP contribution in [0.4, 0.5) is 0 Å². The van der Waals surface area contributed by atoms with Crippen molar-refractivity contribution < 1.29 is 0 Å². The molecular formula is C70H58S. The standard InChI is InChI=1S/C70H58S/c71-44-14-6-4-2-1-3-5-7-19-51-23-15-24-52-36-39-57(47-66(51)52)70-65-43-41-55(62-32-17-26-49-21-9-12-29-59(49)62)45-67(65)69(54-37-34-53(35-38-54)61-31-16-25-48-20-8-11-28-58(48)61)64-42-40-56(46-68(64)70)63-33-18-27-50-22-10-13-30-60(50)63/h8-13,15-18,20-43,45-47,71H,1-7,14,19,44H2. The van der Waals surface area contributed by atoms with Gasteiger partial charge in [-0.1, -0.05) is 245 Å². The van der Waals surface area contributed by atoms with Crippen molar-refractivity contribution >= 4 is 77.3 Å². The van der Waals surface area contributed by atoms with Crippen molar-refractivity contribution in [2.24, 2.45) is 0 Å². The number of unbranched alkanes of at least 4 members (excludes halogenated alkanes) is 7. The van der Waals surface area contributed by atoms with E-state index in [-0.39, 0.29) is 0 Å². The number of rotatable bonds is 15. The molecule has 0 amide bonds. The zero-order valence-corrected chi connectivity index (χ0v) is 41.3. The highest BCUT2D eigenvalue weighted by Gasteiger charge is 2.21. The Morgan fingerprint density at radius 2 is 0.620 bits per heavy atom. The molecule has 1 heteroatoms. The molecule has 0 heterocycles. The molecule has 0 saturated carbocycles. The van der Waals surface area contributed by atoms with E-state index in [1.165, 1.54) is 177 Å². The zero-order valence-electron chi connectivity index (χ0n) is 40.4. The first kappa shape index (κ1) is 44.7. The first-order chi connectivity index (χ1) is 35.2. The Balaban J connectivity index is 1.07. The van der Waals surface area contributed by atoms with Gasteiger partial charge in [0, 0.05) is 0 Å². The molecule has 0 N–H and O–H groups in total. The van der Waals surface area contributed by atoms with Crippen LogP contribution in [0.15, 0.2) is 224 Å². The van der Waals surface area contributed by atoms with E-state index in [4.69, 9.17) is 0 Å². The van der Waals surface area contributed by atoms with E-state index < -0.39 is 0 Å². The fraction of sp³-hybridized carbons (Fsp3) is 0.143. The number of fused-ring (bicyclic) bond motifs is 6. The largest absolute Gasteiger partial charge is 0.179 e. The van der Waals surface area contributed by atoms with Crippen LogP contribution in [-0.2, 0) is 6.42 Å². The second-order valence-electron chi connectivity index (χ2n) is 19.6. The fourth-order valence-electron chi connectivity index (χ4n) is 11.6. The monoisotopic (exact) mass is 930 g/mol. The van der Waals surface area contributed by atoms with Crippen molar-refractivity contribution in [3.05, 3.63) is 230 Å². The molecule has 12 aromatic carbocycles. The summed E-state index contributed by atoms with van der Waals surface area (Å²) in [6, 6.07) is 84.5. The number of hydrogen-bond donors (Lipinski definition) is 1. The van der Waals surface area contributed by atoms with Crippen LogP contribution in [0.5, 0.6) is 0 Å². The topological polar surface area (TPSA) is 0 Å². The Morgan fingerprint density at radius 1 is 0.239 bits per heavy atom. The highest BCUT2D eigenvalue weighted by atomic mass is 32.1. The molecule has 0 aliphatic heterocycles. The van der Waals surface area contributed by atoms with Gasteiger partial charge in [0.05, 0.1) is 0 Å². The van der Waals surface area contributed by atoms with Gasteiger partial charge in [-0.15, -0.1) is 0 Å². The maximum atomic E-state index is 4.40. The zero-order chi connectivity index (χ0) is 47.5. The Morgan fingerprint density at radius 3 is 1.15 bits per heavy atom. The van der Waals surface area contributed by atoms with Gasteiger partial charge in [-0.3, -0.25) is 0 Å². The van der Waals surface area contributed by atoms with Gasteiger partial charge in [-0.25, -0.2) is 0 Å². The molecular weight excluding hydrogens is 873 g/mol. The number of thiol groups is 1. The Bertz CT molecular complexity index is 3880. The fourth-order valence-corrected chi connectivity index (χ4v) is 11.9. The lowest BCUT2D eigenvalue weighted by Gasteiger charge is -2.21. The predicted octanol–water partition coefficient (Wildman–Crippen LogP) is 20.5. The minimum Gasteiger partial charge on any atom is -0.179 e. The van der Waals surface area contributed by atoms with Crippen molar-refractivity contribution in [3.8, 4) is 55.6 Å². The van der Waals surface area contributed by atoms with Gasteiger partial charge in [0.2, 0.25) is 0 Å². The molecule has 0 fully saturated rings. The number of hydrogen-bond acceptors (Lipinski definition) is 1. The number of aryl methyl sites for hydroxylation is 1. The molecule has 12 aromatic rings. The minimum absolute atomic E-state index is 1.01. The second-order valence-corrected chi connectivity index (χ2v) is 20.0. The van der Waals surface area contributed by atoms with Gasteiger partial charge in [0.1, 0.15) is 0 Å². The van der Waals surface area contributed by atoms with E-state index >= 15 is 0 Å². The van der Waals surface area contributed by atoms with E-state index in [0.29, 0.717) is 0 Å². The van der Waals surface area contributed by atoms with Gasteiger partial charge in [-0.2, -0.15) is 12.6 Å². The van der Waals surface area contributed by atoms with Gasteiger partial charge < -0.3 is 0 Å². The van der Waals surface area contributed by atoms with Gasteiger partial charge >= 0.3 is 0 Å². The van der Waals surface area contributed by atoms with Gasteiger partial charge in [0.15, 0.2) is 0 Å². The molecule has 0 radical (unpaired) electrons. The average molecular weight is 931 g/mol. The van der Waals surface area contributed by atoms with Gasteiger partial charge in [0.25, 0.3) is 0 Å². The third-order valence-electron chi connectivity index (χ3n) is 15.2. The second kappa shape index (κ2) is 20.1. The van der Waals surface area contributed by atoms with Crippen LogP contribution in [0.25, 0.3) is 120 Å². The maximum Gasteiger partial charge on any atom is -0.00259 e. The first-order valence-electron chi connectivity index (χ1n) is 25.9. The van der Waals surface area contributed by atoms with E-state index in [9.17, 15) is 0 Å². The van der Waals surface area contributed by atoms with E-state index in [1.807, 2.05) is 0 Å². The first-order valence-corrected chi connectivity index (χ1v) is 26.5. The van der Waals surface area contributed by atoms with Crippen molar-refractivity contribution in [1.82, 2.24) is 0 Å². The lowest BCUT2D eigenvalue weighted by Crippen LogP contribution is -1.94. The molecule has 12 rings (SSSR count). The summed E-state index contributed by atoms with van der Waals surface area (Å²) < 4.78 is 0. The van der Waals surface area contributed by atoms with Crippen LogP contribution >= 0.6 is 12.6 Å². The van der Waals surface area contributed by atoms with Crippen molar-refractivity contribution in [2.45, 2.75) is 57.8 Å². The molecule has 0 aliphatic carbocycles.